The summed E-state index contributed by atoms with van der Waals surface area (Å²) in [4.78, 5) is 8.88. The summed E-state index contributed by atoms with van der Waals surface area (Å²) in [5, 5.41) is 10.3. The minimum Gasteiger partial charge on any atom is -0.392 e. The molecule has 90 valence electrons. The van der Waals surface area contributed by atoms with Crippen molar-refractivity contribution < 1.29 is 5.11 Å². The van der Waals surface area contributed by atoms with E-state index in [0.717, 1.165) is 16.5 Å². The van der Waals surface area contributed by atoms with Gasteiger partial charge in [-0.3, -0.25) is 0 Å². The SMILES string of the molecule is Cc1cc(C(C)C)nc(SC(C)C(C)O)n1. The average Bonchev–Trinajstić information content (AvgIpc) is 2.16. The largest absolute Gasteiger partial charge is 0.392 e. The second-order valence-electron chi connectivity index (χ2n) is 4.44. The van der Waals surface area contributed by atoms with Crippen molar-refractivity contribution in [2.24, 2.45) is 0 Å². The molecule has 1 rings (SSSR count). The average molecular weight is 240 g/mol. The lowest BCUT2D eigenvalue weighted by atomic mass is 10.1. The maximum Gasteiger partial charge on any atom is 0.188 e. The van der Waals surface area contributed by atoms with Crippen LogP contribution >= 0.6 is 11.8 Å². The lowest BCUT2D eigenvalue weighted by Crippen LogP contribution is -2.15. The molecule has 0 amide bonds. The van der Waals surface area contributed by atoms with Crippen LogP contribution in [-0.2, 0) is 0 Å². The molecule has 0 spiro atoms. The van der Waals surface area contributed by atoms with Crippen molar-refractivity contribution in [1.82, 2.24) is 9.97 Å². The Hall–Kier alpha value is -0.610. The Labute approximate surface area is 102 Å². The summed E-state index contributed by atoms with van der Waals surface area (Å²) in [5.74, 6) is 0.405. The number of hydrogen-bond acceptors (Lipinski definition) is 4. The third-order valence-electron chi connectivity index (χ3n) is 2.42. The topological polar surface area (TPSA) is 46.0 Å². The van der Waals surface area contributed by atoms with E-state index < -0.39 is 0 Å². The van der Waals surface area contributed by atoms with E-state index in [1.165, 1.54) is 11.8 Å². The summed E-state index contributed by atoms with van der Waals surface area (Å²) in [6, 6.07) is 2.02. The molecule has 3 nitrogen and oxygen atoms in total. The lowest BCUT2D eigenvalue weighted by molar-refractivity contribution is 0.196. The predicted molar refractivity (Wildman–Crippen MR) is 67.9 cm³/mol. The molecular weight excluding hydrogens is 220 g/mol. The summed E-state index contributed by atoms with van der Waals surface area (Å²) >= 11 is 1.53. The zero-order valence-electron chi connectivity index (χ0n) is 10.6. The third kappa shape index (κ3) is 3.76. The number of aliphatic hydroxyl groups excluding tert-OH is 1. The number of aryl methyl sites for hydroxylation is 1. The molecule has 0 saturated heterocycles. The number of rotatable bonds is 4. The molecule has 1 aromatic heterocycles. The molecule has 0 aliphatic heterocycles. The van der Waals surface area contributed by atoms with Gasteiger partial charge in [0.15, 0.2) is 5.16 Å². The molecule has 0 aliphatic carbocycles. The fourth-order valence-electron chi connectivity index (χ4n) is 1.18. The number of aromatic nitrogens is 2. The van der Waals surface area contributed by atoms with Gasteiger partial charge in [0.1, 0.15) is 0 Å². The third-order valence-corrected chi connectivity index (χ3v) is 3.57. The van der Waals surface area contributed by atoms with Gasteiger partial charge in [-0.1, -0.05) is 32.5 Å². The van der Waals surface area contributed by atoms with Crippen molar-refractivity contribution in [2.75, 3.05) is 0 Å². The molecule has 1 aromatic rings. The van der Waals surface area contributed by atoms with Gasteiger partial charge in [-0.2, -0.15) is 0 Å². The van der Waals surface area contributed by atoms with Crippen LogP contribution in [0.15, 0.2) is 11.2 Å². The molecule has 0 aliphatic rings. The highest BCUT2D eigenvalue weighted by Crippen LogP contribution is 2.24. The first-order valence-corrected chi connectivity index (χ1v) is 6.48. The molecule has 4 heteroatoms. The van der Waals surface area contributed by atoms with Crippen LogP contribution in [0, 0.1) is 6.92 Å². The highest BCUT2D eigenvalue weighted by molar-refractivity contribution is 7.99. The van der Waals surface area contributed by atoms with Crippen LogP contribution in [0.1, 0.15) is 45.0 Å². The maximum atomic E-state index is 9.45. The van der Waals surface area contributed by atoms with E-state index in [-0.39, 0.29) is 11.4 Å². The van der Waals surface area contributed by atoms with Crippen LogP contribution in [0.5, 0.6) is 0 Å². The van der Waals surface area contributed by atoms with Crippen LogP contribution in [-0.4, -0.2) is 26.4 Å². The van der Waals surface area contributed by atoms with Gasteiger partial charge in [0, 0.05) is 16.6 Å². The minimum atomic E-state index is -0.350. The highest BCUT2D eigenvalue weighted by atomic mass is 32.2. The summed E-state index contributed by atoms with van der Waals surface area (Å²) in [7, 11) is 0. The Morgan fingerprint density at radius 3 is 2.31 bits per heavy atom. The Morgan fingerprint density at radius 1 is 1.19 bits per heavy atom. The Morgan fingerprint density at radius 2 is 1.81 bits per heavy atom. The number of aliphatic hydroxyl groups is 1. The predicted octanol–water partition coefficient (Wildman–Crippen LogP) is 2.77. The molecule has 0 aromatic carbocycles. The molecule has 0 bridgehead atoms. The molecule has 2 atom stereocenters. The molecular formula is C12H20N2OS. The number of nitrogens with zero attached hydrogens (tertiary/aromatic N) is 2. The van der Waals surface area contributed by atoms with Gasteiger partial charge in [0.25, 0.3) is 0 Å². The second-order valence-corrected chi connectivity index (χ2v) is 5.78. The van der Waals surface area contributed by atoms with E-state index in [4.69, 9.17) is 0 Å². The van der Waals surface area contributed by atoms with Crippen LogP contribution in [0.4, 0.5) is 0 Å². The zero-order chi connectivity index (χ0) is 12.3. The monoisotopic (exact) mass is 240 g/mol. The first-order valence-electron chi connectivity index (χ1n) is 5.60. The molecule has 1 heterocycles. The fourth-order valence-corrected chi connectivity index (χ4v) is 2.06. The van der Waals surface area contributed by atoms with E-state index in [9.17, 15) is 5.11 Å². The standard InChI is InChI=1S/C12H20N2OS/c1-7(2)11-6-8(3)13-12(14-11)16-10(5)9(4)15/h6-7,9-10,15H,1-5H3. The maximum absolute atomic E-state index is 9.45. The van der Waals surface area contributed by atoms with E-state index >= 15 is 0 Å². The summed E-state index contributed by atoms with van der Waals surface area (Å²) < 4.78 is 0. The van der Waals surface area contributed by atoms with Crippen molar-refractivity contribution in [1.29, 1.82) is 0 Å². The summed E-state index contributed by atoms with van der Waals surface area (Å²) in [6.07, 6.45) is -0.350. The number of thioether (sulfide) groups is 1. The van der Waals surface area contributed by atoms with Gasteiger partial charge < -0.3 is 5.11 Å². The van der Waals surface area contributed by atoms with Gasteiger partial charge in [-0.15, -0.1) is 0 Å². The normalized spacial score (nSPS) is 15.2. The summed E-state index contributed by atoms with van der Waals surface area (Å²) in [6.45, 7) is 9.99. The molecule has 16 heavy (non-hydrogen) atoms. The molecule has 0 radical (unpaired) electrons. The first kappa shape index (κ1) is 13.5. The molecule has 0 fully saturated rings. The van der Waals surface area contributed by atoms with Crippen LogP contribution in [0.3, 0.4) is 0 Å². The van der Waals surface area contributed by atoms with E-state index in [1.807, 2.05) is 19.9 Å². The Balaban J connectivity index is 2.88. The van der Waals surface area contributed by atoms with E-state index in [2.05, 4.69) is 23.8 Å². The smallest absolute Gasteiger partial charge is 0.188 e. The van der Waals surface area contributed by atoms with Crippen LogP contribution in [0.2, 0.25) is 0 Å². The van der Waals surface area contributed by atoms with Gasteiger partial charge >= 0.3 is 0 Å². The Kier molecular flexibility index (Phi) is 4.74. The zero-order valence-corrected chi connectivity index (χ0v) is 11.4. The Bertz CT molecular complexity index is 353. The molecule has 0 saturated carbocycles. The van der Waals surface area contributed by atoms with Crippen molar-refractivity contribution in [3.05, 3.63) is 17.5 Å². The van der Waals surface area contributed by atoms with Crippen molar-refractivity contribution in [3.8, 4) is 0 Å². The van der Waals surface area contributed by atoms with Gasteiger partial charge in [0.05, 0.1) is 6.10 Å². The van der Waals surface area contributed by atoms with Gasteiger partial charge in [-0.25, -0.2) is 9.97 Å². The highest BCUT2D eigenvalue weighted by Gasteiger charge is 2.13. The quantitative estimate of drug-likeness (QED) is 0.649. The fraction of sp³-hybridized carbons (Fsp3) is 0.667. The lowest BCUT2D eigenvalue weighted by Gasteiger charge is -2.14. The van der Waals surface area contributed by atoms with E-state index in [1.54, 1.807) is 6.92 Å². The number of hydrogen-bond donors (Lipinski definition) is 1. The van der Waals surface area contributed by atoms with Crippen molar-refractivity contribution in [2.45, 2.75) is 57.0 Å². The van der Waals surface area contributed by atoms with Crippen LogP contribution in [0.25, 0.3) is 0 Å². The molecule has 1 N–H and O–H groups in total. The molecule has 2 unspecified atom stereocenters. The van der Waals surface area contributed by atoms with Gasteiger partial charge in [-0.05, 0) is 25.8 Å². The first-order chi connectivity index (χ1) is 7.40. The minimum absolute atomic E-state index is 0.113. The van der Waals surface area contributed by atoms with Crippen molar-refractivity contribution >= 4 is 11.8 Å². The van der Waals surface area contributed by atoms with Crippen LogP contribution < -0.4 is 0 Å². The van der Waals surface area contributed by atoms with E-state index in [0.29, 0.717) is 5.92 Å². The van der Waals surface area contributed by atoms with Gasteiger partial charge in [0.2, 0.25) is 0 Å². The summed E-state index contributed by atoms with van der Waals surface area (Å²) in [5.41, 5.74) is 2.05. The second kappa shape index (κ2) is 5.64. The van der Waals surface area contributed by atoms with Crippen molar-refractivity contribution in [3.63, 3.8) is 0 Å².